The molecule has 1 aromatic heterocycles. The SMILES string of the molecule is C=C(/C=C(/c1ccnc(C(=O)N(C)C)c1)N(C)c1ccccc1)C(F)(F)F. The number of hydrogen-bond acceptors (Lipinski definition) is 3. The molecule has 0 bridgehead atoms. The lowest BCUT2D eigenvalue weighted by Crippen LogP contribution is -2.23. The van der Waals surface area contributed by atoms with Gasteiger partial charge in [0.25, 0.3) is 5.91 Å². The second-order valence-electron chi connectivity index (χ2n) is 6.08. The van der Waals surface area contributed by atoms with E-state index in [9.17, 15) is 18.0 Å². The minimum absolute atomic E-state index is 0.141. The first kappa shape index (κ1) is 20.2. The van der Waals surface area contributed by atoms with Crippen LogP contribution in [0.3, 0.4) is 0 Å². The van der Waals surface area contributed by atoms with E-state index in [1.807, 2.05) is 6.07 Å². The first-order valence-electron chi connectivity index (χ1n) is 8.06. The minimum atomic E-state index is -4.56. The van der Waals surface area contributed by atoms with Crippen LogP contribution in [-0.2, 0) is 0 Å². The van der Waals surface area contributed by atoms with Crippen molar-refractivity contribution in [3.05, 3.63) is 78.1 Å². The zero-order valence-electron chi connectivity index (χ0n) is 15.3. The van der Waals surface area contributed by atoms with Gasteiger partial charge in [0.15, 0.2) is 0 Å². The molecule has 0 unspecified atom stereocenters. The molecule has 1 aromatic carbocycles. The molecule has 0 spiro atoms. The predicted octanol–water partition coefficient (Wildman–Crippen LogP) is 4.38. The van der Waals surface area contributed by atoms with Crippen LogP contribution in [0.2, 0.25) is 0 Å². The fourth-order valence-electron chi connectivity index (χ4n) is 2.35. The molecule has 1 amide bonds. The first-order chi connectivity index (χ1) is 12.6. The maximum absolute atomic E-state index is 13.1. The number of anilines is 1. The zero-order chi connectivity index (χ0) is 20.2. The molecule has 27 heavy (non-hydrogen) atoms. The molecule has 0 aliphatic heterocycles. The fraction of sp³-hybridized carbons (Fsp3) is 0.200. The number of hydrogen-bond donors (Lipinski definition) is 0. The highest BCUT2D eigenvalue weighted by Crippen LogP contribution is 2.31. The lowest BCUT2D eigenvalue weighted by Gasteiger charge is -2.24. The largest absolute Gasteiger partial charge is 0.415 e. The van der Waals surface area contributed by atoms with E-state index in [0.29, 0.717) is 11.3 Å². The number of para-hydroxylation sites is 1. The van der Waals surface area contributed by atoms with Crippen LogP contribution in [0.5, 0.6) is 0 Å². The van der Waals surface area contributed by atoms with Gasteiger partial charge in [0.05, 0.1) is 5.57 Å². The Morgan fingerprint density at radius 3 is 2.30 bits per heavy atom. The molecule has 4 nitrogen and oxygen atoms in total. The van der Waals surface area contributed by atoms with Crippen molar-refractivity contribution in [1.82, 2.24) is 9.88 Å². The number of aromatic nitrogens is 1. The molecule has 0 radical (unpaired) electrons. The van der Waals surface area contributed by atoms with E-state index in [0.717, 1.165) is 6.08 Å². The molecule has 0 aliphatic carbocycles. The van der Waals surface area contributed by atoms with Crippen LogP contribution in [0, 0.1) is 0 Å². The molecule has 0 saturated heterocycles. The van der Waals surface area contributed by atoms with Crippen molar-refractivity contribution in [3.8, 4) is 0 Å². The number of allylic oxidation sites excluding steroid dienone is 2. The number of rotatable bonds is 5. The Balaban J connectivity index is 2.57. The predicted molar refractivity (Wildman–Crippen MR) is 100 cm³/mol. The van der Waals surface area contributed by atoms with Gasteiger partial charge >= 0.3 is 6.18 Å². The molecule has 0 saturated carbocycles. The fourth-order valence-corrected chi connectivity index (χ4v) is 2.35. The molecule has 0 atom stereocenters. The normalized spacial score (nSPS) is 11.9. The van der Waals surface area contributed by atoms with Gasteiger partial charge in [-0.15, -0.1) is 0 Å². The number of pyridine rings is 1. The van der Waals surface area contributed by atoms with Crippen LogP contribution in [0.4, 0.5) is 18.9 Å². The summed E-state index contributed by atoms with van der Waals surface area (Å²) in [5.41, 5.74) is 0.516. The zero-order valence-corrected chi connectivity index (χ0v) is 15.3. The van der Waals surface area contributed by atoms with Crippen molar-refractivity contribution < 1.29 is 18.0 Å². The van der Waals surface area contributed by atoms with Crippen molar-refractivity contribution >= 4 is 17.3 Å². The molecular formula is C20H20F3N3O. The number of amides is 1. The average Bonchev–Trinajstić information content (AvgIpc) is 2.64. The number of carbonyl (C=O) groups is 1. The molecule has 2 aromatic rings. The van der Waals surface area contributed by atoms with Crippen molar-refractivity contribution in [2.75, 3.05) is 26.0 Å². The first-order valence-corrected chi connectivity index (χ1v) is 8.06. The van der Waals surface area contributed by atoms with Gasteiger partial charge in [0.1, 0.15) is 5.69 Å². The molecule has 0 N–H and O–H groups in total. The third kappa shape index (κ3) is 4.97. The highest BCUT2D eigenvalue weighted by atomic mass is 19.4. The Bertz CT molecular complexity index is 858. The van der Waals surface area contributed by atoms with Crippen molar-refractivity contribution in [2.45, 2.75) is 6.18 Å². The number of benzene rings is 1. The summed E-state index contributed by atoms with van der Waals surface area (Å²) in [5.74, 6) is -0.340. The molecular weight excluding hydrogens is 355 g/mol. The van der Waals surface area contributed by atoms with Crippen molar-refractivity contribution in [2.24, 2.45) is 0 Å². The van der Waals surface area contributed by atoms with Crippen LogP contribution in [0.25, 0.3) is 5.70 Å². The summed E-state index contributed by atoms with van der Waals surface area (Å²) in [6.45, 7) is 3.13. The Hall–Kier alpha value is -3.09. The summed E-state index contributed by atoms with van der Waals surface area (Å²) in [4.78, 5) is 19.2. The van der Waals surface area contributed by atoms with Gasteiger partial charge in [-0.3, -0.25) is 9.78 Å². The highest BCUT2D eigenvalue weighted by molar-refractivity contribution is 5.93. The summed E-state index contributed by atoms with van der Waals surface area (Å²) < 4.78 is 39.2. The van der Waals surface area contributed by atoms with E-state index in [-0.39, 0.29) is 17.3 Å². The lowest BCUT2D eigenvalue weighted by atomic mass is 10.1. The van der Waals surface area contributed by atoms with E-state index in [1.165, 1.54) is 17.2 Å². The topological polar surface area (TPSA) is 36.4 Å². The quantitative estimate of drug-likeness (QED) is 0.728. The summed E-state index contributed by atoms with van der Waals surface area (Å²) in [6, 6.07) is 12.0. The molecule has 1 heterocycles. The Labute approximate surface area is 156 Å². The van der Waals surface area contributed by atoms with E-state index < -0.39 is 11.7 Å². The summed E-state index contributed by atoms with van der Waals surface area (Å²) in [5, 5.41) is 0. The van der Waals surface area contributed by atoms with Gasteiger partial charge in [-0.2, -0.15) is 13.2 Å². The Morgan fingerprint density at radius 1 is 1.11 bits per heavy atom. The van der Waals surface area contributed by atoms with Gasteiger partial charge in [0.2, 0.25) is 0 Å². The van der Waals surface area contributed by atoms with Gasteiger partial charge in [-0.1, -0.05) is 24.8 Å². The summed E-state index contributed by atoms with van der Waals surface area (Å²) >= 11 is 0. The van der Waals surface area contributed by atoms with Crippen LogP contribution < -0.4 is 4.90 Å². The van der Waals surface area contributed by atoms with Crippen LogP contribution in [0.15, 0.2) is 66.9 Å². The maximum Gasteiger partial charge on any atom is 0.415 e. The van der Waals surface area contributed by atoms with Crippen LogP contribution >= 0.6 is 0 Å². The molecule has 2 rings (SSSR count). The van der Waals surface area contributed by atoms with E-state index in [2.05, 4.69) is 11.6 Å². The number of carbonyl (C=O) groups excluding carboxylic acids is 1. The molecule has 0 aliphatic rings. The second-order valence-corrected chi connectivity index (χ2v) is 6.08. The lowest BCUT2D eigenvalue weighted by molar-refractivity contribution is -0.0877. The average molecular weight is 375 g/mol. The maximum atomic E-state index is 13.1. The standard InChI is InChI=1S/C20H20F3N3O/c1-14(20(21,22)23)12-18(26(4)16-8-6-5-7-9-16)15-10-11-24-17(13-15)19(27)25(2)3/h5-13H,1H2,2-4H3/b18-12-. The number of alkyl halides is 3. The molecule has 0 fully saturated rings. The van der Waals surface area contributed by atoms with Crippen molar-refractivity contribution in [3.63, 3.8) is 0 Å². The van der Waals surface area contributed by atoms with Gasteiger partial charge in [0, 0.05) is 44.3 Å². The monoisotopic (exact) mass is 375 g/mol. The molecule has 7 heteroatoms. The smallest absolute Gasteiger partial charge is 0.344 e. The Morgan fingerprint density at radius 2 is 1.74 bits per heavy atom. The summed E-state index contributed by atoms with van der Waals surface area (Å²) in [7, 11) is 4.81. The number of halogens is 3. The van der Waals surface area contributed by atoms with Crippen LogP contribution in [0.1, 0.15) is 16.1 Å². The third-order valence-electron chi connectivity index (χ3n) is 3.86. The minimum Gasteiger partial charge on any atom is -0.344 e. The second kappa shape index (κ2) is 8.07. The molecule has 142 valence electrons. The van der Waals surface area contributed by atoms with E-state index >= 15 is 0 Å². The van der Waals surface area contributed by atoms with E-state index in [1.54, 1.807) is 56.4 Å². The Kier molecular flexibility index (Phi) is 6.05. The van der Waals surface area contributed by atoms with E-state index in [4.69, 9.17) is 0 Å². The van der Waals surface area contributed by atoms with Gasteiger partial charge in [-0.05, 0) is 30.3 Å². The highest BCUT2D eigenvalue weighted by Gasteiger charge is 2.31. The van der Waals surface area contributed by atoms with Gasteiger partial charge < -0.3 is 9.80 Å². The van der Waals surface area contributed by atoms with Gasteiger partial charge in [-0.25, -0.2) is 0 Å². The van der Waals surface area contributed by atoms with Crippen LogP contribution in [-0.4, -0.2) is 43.1 Å². The summed E-state index contributed by atoms with van der Waals surface area (Å²) in [6.07, 6.45) is -2.20. The van der Waals surface area contributed by atoms with Crippen molar-refractivity contribution in [1.29, 1.82) is 0 Å². The number of nitrogens with zero attached hydrogens (tertiary/aromatic N) is 3. The third-order valence-corrected chi connectivity index (χ3v) is 3.86.